The van der Waals surface area contributed by atoms with Crippen molar-refractivity contribution >= 4 is 34.6 Å². The zero-order chi connectivity index (χ0) is 15.8. The Balaban J connectivity index is 1.59. The van der Waals surface area contributed by atoms with Crippen LogP contribution in [0.2, 0.25) is 0 Å². The molecule has 4 heteroatoms. The van der Waals surface area contributed by atoms with E-state index in [2.05, 4.69) is 47.1 Å². The van der Waals surface area contributed by atoms with Gasteiger partial charge in [0.05, 0.1) is 4.91 Å². The average molecular weight is 320 g/mol. The summed E-state index contributed by atoms with van der Waals surface area (Å²) in [5.74, 6) is -0.144. The smallest absolute Gasteiger partial charge is 0.286 e. The third-order valence-corrected chi connectivity index (χ3v) is 5.11. The van der Waals surface area contributed by atoms with Crippen LogP contribution in [0.4, 0.5) is 5.69 Å². The van der Waals surface area contributed by atoms with Gasteiger partial charge in [0.1, 0.15) is 0 Å². The van der Waals surface area contributed by atoms with E-state index in [0.717, 1.165) is 23.7 Å². The van der Waals surface area contributed by atoms with Crippen LogP contribution >= 0.6 is 11.8 Å². The van der Waals surface area contributed by atoms with Crippen LogP contribution in [0.5, 0.6) is 0 Å². The molecule has 0 bridgehead atoms. The molecule has 114 valence electrons. The molecule has 0 aromatic heterocycles. The third kappa shape index (κ3) is 2.70. The second kappa shape index (κ2) is 5.70. The first kappa shape index (κ1) is 14.3. The zero-order valence-corrected chi connectivity index (χ0v) is 13.6. The number of thioether (sulfide) groups is 1. The van der Waals surface area contributed by atoms with E-state index in [0.29, 0.717) is 4.91 Å². The molecule has 4 rings (SSSR count). The summed E-state index contributed by atoms with van der Waals surface area (Å²) < 4.78 is 0. The summed E-state index contributed by atoms with van der Waals surface area (Å²) >= 11 is 1.47. The summed E-state index contributed by atoms with van der Waals surface area (Å²) in [5.41, 5.74) is 4.73. The van der Waals surface area contributed by atoms with E-state index in [1.165, 1.54) is 28.6 Å². The fraction of sp³-hybridized carbons (Fsp3) is 0.158. The Labute approximate surface area is 139 Å². The van der Waals surface area contributed by atoms with Crippen LogP contribution in [-0.4, -0.2) is 17.6 Å². The highest BCUT2D eigenvalue weighted by Gasteiger charge is 2.30. The van der Waals surface area contributed by atoms with Gasteiger partial charge < -0.3 is 4.90 Å². The molecule has 0 saturated heterocycles. The number of rotatable bonds is 1. The van der Waals surface area contributed by atoms with E-state index in [4.69, 9.17) is 0 Å². The molecule has 2 aromatic rings. The maximum absolute atomic E-state index is 12.2. The van der Waals surface area contributed by atoms with Gasteiger partial charge in [-0.15, -0.1) is 0 Å². The molecule has 1 amide bonds. The second-order valence-electron chi connectivity index (χ2n) is 5.75. The second-order valence-corrected chi connectivity index (χ2v) is 6.76. The topological polar surface area (TPSA) is 32.7 Å². The van der Waals surface area contributed by atoms with Crippen LogP contribution < -0.4 is 4.90 Å². The Morgan fingerprint density at radius 3 is 2.74 bits per heavy atom. The number of aliphatic imine (C=N–C) groups is 1. The van der Waals surface area contributed by atoms with Crippen molar-refractivity contribution in [3.05, 3.63) is 70.1 Å². The Hall–Kier alpha value is -2.33. The van der Waals surface area contributed by atoms with E-state index in [1.807, 2.05) is 24.3 Å². The van der Waals surface area contributed by atoms with Crippen molar-refractivity contribution < 1.29 is 4.79 Å². The lowest BCUT2D eigenvalue weighted by molar-refractivity contribution is -0.113. The summed E-state index contributed by atoms with van der Waals surface area (Å²) in [6.07, 6.45) is 2.92. The molecule has 2 aliphatic rings. The van der Waals surface area contributed by atoms with Crippen LogP contribution in [0.3, 0.4) is 0 Å². The number of para-hydroxylation sites is 1. The molecule has 0 radical (unpaired) electrons. The molecule has 3 nitrogen and oxygen atoms in total. The van der Waals surface area contributed by atoms with Crippen molar-refractivity contribution in [1.82, 2.24) is 0 Å². The molecule has 2 aromatic carbocycles. The SMILES string of the molecule is Cc1ccc(C=C2SC(N3CCc4ccccc43)=NC2=O)cc1. The molecule has 0 aliphatic carbocycles. The van der Waals surface area contributed by atoms with E-state index in [9.17, 15) is 4.79 Å². The molecule has 0 spiro atoms. The summed E-state index contributed by atoms with van der Waals surface area (Å²) in [6.45, 7) is 2.94. The number of nitrogens with zero attached hydrogens (tertiary/aromatic N) is 2. The maximum atomic E-state index is 12.2. The minimum atomic E-state index is -0.144. The number of anilines is 1. The lowest BCUT2D eigenvalue weighted by Gasteiger charge is -2.17. The van der Waals surface area contributed by atoms with Crippen molar-refractivity contribution in [3.8, 4) is 0 Å². The number of aryl methyl sites for hydroxylation is 1. The minimum absolute atomic E-state index is 0.144. The van der Waals surface area contributed by atoms with Crippen LogP contribution in [0.15, 0.2) is 58.4 Å². The van der Waals surface area contributed by atoms with Crippen molar-refractivity contribution in [3.63, 3.8) is 0 Å². The highest BCUT2D eigenvalue weighted by atomic mass is 32.2. The fourth-order valence-electron chi connectivity index (χ4n) is 2.86. The van der Waals surface area contributed by atoms with Crippen molar-refractivity contribution in [1.29, 1.82) is 0 Å². The first-order valence-electron chi connectivity index (χ1n) is 7.65. The standard InChI is InChI=1S/C19H16N2OS/c1-13-6-8-14(9-7-13)12-17-18(22)20-19(23-17)21-11-10-15-4-2-3-5-16(15)21/h2-9,12H,10-11H2,1H3. The third-order valence-electron chi connectivity index (χ3n) is 4.10. The van der Waals surface area contributed by atoms with Gasteiger partial charge in [-0.3, -0.25) is 4.79 Å². The number of amides is 1. The Morgan fingerprint density at radius 1 is 1.13 bits per heavy atom. The Bertz CT molecular complexity index is 837. The van der Waals surface area contributed by atoms with Crippen molar-refractivity contribution in [2.75, 3.05) is 11.4 Å². The minimum Gasteiger partial charge on any atom is -0.320 e. The molecule has 0 N–H and O–H groups in total. The van der Waals surface area contributed by atoms with Crippen LogP contribution in [-0.2, 0) is 11.2 Å². The molecule has 0 unspecified atom stereocenters. The monoisotopic (exact) mass is 320 g/mol. The lowest BCUT2D eigenvalue weighted by Crippen LogP contribution is -2.24. The number of amidine groups is 1. The van der Waals surface area contributed by atoms with E-state index >= 15 is 0 Å². The summed E-state index contributed by atoms with van der Waals surface area (Å²) in [5, 5.41) is 0.790. The predicted molar refractivity (Wildman–Crippen MR) is 96.7 cm³/mol. The molecule has 0 atom stereocenters. The molecule has 0 saturated carbocycles. The number of fused-ring (bicyclic) bond motifs is 1. The molecule has 23 heavy (non-hydrogen) atoms. The number of carbonyl (C=O) groups excluding carboxylic acids is 1. The highest BCUT2D eigenvalue weighted by molar-refractivity contribution is 8.18. The average Bonchev–Trinajstić information content (AvgIpc) is 3.13. The van der Waals surface area contributed by atoms with Gasteiger partial charge in [-0.25, -0.2) is 0 Å². The van der Waals surface area contributed by atoms with Gasteiger partial charge >= 0.3 is 0 Å². The molecular weight excluding hydrogens is 304 g/mol. The van der Waals surface area contributed by atoms with Gasteiger partial charge in [-0.1, -0.05) is 48.0 Å². The number of carbonyl (C=O) groups is 1. The lowest BCUT2D eigenvalue weighted by atomic mass is 10.1. The number of hydrogen-bond acceptors (Lipinski definition) is 3. The Morgan fingerprint density at radius 2 is 1.91 bits per heavy atom. The number of benzene rings is 2. The van der Waals surface area contributed by atoms with Gasteiger partial charge in [0.25, 0.3) is 5.91 Å². The molecule has 2 heterocycles. The van der Waals surface area contributed by atoms with Gasteiger partial charge in [0.15, 0.2) is 5.17 Å². The van der Waals surface area contributed by atoms with E-state index in [-0.39, 0.29) is 5.91 Å². The first-order chi connectivity index (χ1) is 11.2. The van der Waals surface area contributed by atoms with Gasteiger partial charge in [-0.05, 0) is 48.4 Å². The Kier molecular flexibility index (Phi) is 3.54. The summed E-state index contributed by atoms with van der Waals surface area (Å²) in [6, 6.07) is 16.5. The van der Waals surface area contributed by atoms with Gasteiger partial charge in [-0.2, -0.15) is 4.99 Å². The van der Waals surface area contributed by atoms with Gasteiger partial charge in [0.2, 0.25) is 0 Å². The highest BCUT2D eigenvalue weighted by Crippen LogP contribution is 2.36. The maximum Gasteiger partial charge on any atom is 0.286 e. The summed E-state index contributed by atoms with van der Waals surface area (Å²) in [7, 11) is 0. The van der Waals surface area contributed by atoms with Crippen molar-refractivity contribution in [2.24, 2.45) is 4.99 Å². The van der Waals surface area contributed by atoms with Crippen LogP contribution in [0.1, 0.15) is 16.7 Å². The summed E-state index contributed by atoms with van der Waals surface area (Å²) in [4.78, 5) is 19.3. The van der Waals surface area contributed by atoms with E-state index < -0.39 is 0 Å². The normalized spacial score (nSPS) is 18.5. The van der Waals surface area contributed by atoms with Gasteiger partial charge in [0, 0.05) is 12.2 Å². The molecule has 2 aliphatic heterocycles. The fourth-order valence-corrected chi connectivity index (χ4v) is 3.82. The quantitative estimate of drug-likeness (QED) is 0.744. The largest absolute Gasteiger partial charge is 0.320 e. The van der Waals surface area contributed by atoms with Crippen LogP contribution in [0.25, 0.3) is 6.08 Å². The molecular formula is C19H16N2OS. The zero-order valence-electron chi connectivity index (χ0n) is 12.8. The first-order valence-corrected chi connectivity index (χ1v) is 8.47. The van der Waals surface area contributed by atoms with Crippen molar-refractivity contribution in [2.45, 2.75) is 13.3 Å². The predicted octanol–water partition coefficient (Wildman–Crippen LogP) is 4.03. The number of hydrogen-bond donors (Lipinski definition) is 0. The van der Waals surface area contributed by atoms with E-state index in [1.54, 1.807) is 0 Å². The molecule has 0 fully saturated rings. The van der Waals surface area contributed by atoms with Crippen LogP contribution in [0, 0.1) is 6.92 Å².